The number of hydrogen-bond acceptors (Lipinski definition) is 5. The number of aliphatic hydroxyl groups is 1. The second-order valence-corrected chi connectivity index (χ2v) is 8.18. The number of aliphatic hydroxyl groups excluding tert-OH is 1. The summed E-state index contributed by atoms with van der Waals surface area (Å²) >= 11 is 0. The number of hydrogen-bond donors (Lipinski definition) is 2. The lowest BCUT2D eigenvalue weighted by Gasteiger charge is -2.57. The highest BCUT2D eigenvalue weighted by Crippen LogP contribution is 2.72. The quantitative estimate of drug-likeness (QED) is 0.630. The Morgan fingerprint density at radius 1 is 1.42 bits per heavy atom. The normalized spacial score (nSPS) is 43.6. The van der Waals surface area contributed by atoms with Crippen LogP contribution in [0.25, 0.3) is 0 Å². The number of anilines is 1. The Morgan fingerprint density at radius 2 is 2.23 bits per heavy atom. The summed E-state index contributed by atoms with van der Waals surface area (Å²) in [5, 5.41) is 14.6. The molecule has 0 radical (unpaired) electrons. The standard InChI is InChI=1S/C21H26N2O3/c1-3-14-12-23-11-10-20-16-6-4-5-7-17(16)22-21(20,23)9-8-15(14)19(20,13-24)18(25)26-2/h3-7,15,22,24H,8-13H2,1-2H3/b14-3-/t15-,19-,20+,21+/m1/s1. The third-order valence-electron chi connectivity index (χ3n) is 7.87. The zero-order chi connectivity index (χ0) is 18.2. The average molecular weight is 354 g/mol. The molecule has 4 fully saturated rings. The molecule has 1 aliphatic carbocycles. The van der Waals surface area contributed by atoms with Crippen molar-refractivity contribution in [3.05, 3.63) is 41.5 Å². The van der Waals surface area contributed by atoms with Gasteiger partial charge in [0, 0.05) is 24.7 Å². The zero-order valence-electron chi connectivity index (χ0n) is 15.4. The van der Waals surface area contributed by atoms with Gasteiger partial charge in [-0.2, -0.15) is 0 Å². The first-order chi connectivity index (χ1) is 12.6. The van der Waals surface area contributed by atoms with Crippen LogP contribution in [0.3, 0.4) is 0 Å². The molecule has 1 spiro atoms. The number of esters is 1. The summed E-state index contributed by atoms with van der Waals surface area (Å²) in [7, 11) is 1.46. The van der Waals surface area contributed by atoms with Crippen molar-refractivity contribution >= 4 is 11.7 Å². The van der Waals surface area contributed by atoms with Gasteiger partial charge in [-0.15, -0.1) is 0 Å². The lowest BCUT2D eigenvalue weighted by molar-refractivity contribution is -0.174. The van der Waals surface area contributed by atoms with E-state index in [2.05, 4.69) is 35.3 Å². The lowest BCUT2D eigenvalue weighted by Crippen LogP contribution is -2.70. The van der Waals surface area contributed by atoms with Gasteiger partial charge in [0.25, 0.3) is 0 Å². The van der Waals surface area contributed by atoms with Crippen LogP contribution >= 0.6 is 0 Å². The number of benzene rings is 1. The van der Waals surface area contributed by atoms with E-state index < -0.39 is 10.8 Å². The molecule has 4 heterocycles. The minimum absolute atomic E-state index is 0.0105. The predicted octanol–water partition coefficient (Wildman–Crippen LogP) is 2.27. The molecule has 6 rings (SSSR count). The molecule has 4 bridgehead atoms. The summed E-state index contributed by atoms with van der Waals surface area (Å²) in [5.41, 5.74) is 1.79. The van der Waals surface area contributed by atoms with E-state index in [1.807, 2.05) is 12.1 Å². The van der Waals surface area contributed by atoms with Crippen LogP contribution in [0, 0.1) is 11.3 Å². The van der Waals surface area contributed by atoms with Gasteiger partial charge in [-0.1, -0.05) is 29.8 Å². The van der Waals surface area contributed by atoms with Crippen LogP contribution in [0.4, 0.5) is 5.69 Å². The molecule has 0 amide bonds. The van der Waals surface area contributed by atoms with Gasteiger partial charge in [0.1, 0.15) is 11.1 Å². The Hall–Kier alpha value is -1.85. The fraction of sp³-hybridized carbons (Fsp3) is 0.571. The van der Waals surface area contributed by atoms with Gasteiger partial charge in [0.15, 0.2) is 0 Å². The van der Waals surface area contributed by atoms with Crippen LogP contribution in [-0.4, -0.2) is 48.4 Å². The Morgan fingerprint density at radius 3 is 2.96 bits per heavy atom. The molecule has 138 valence electrons. The molecule has 5 atom stereocenters. The van der Waals surface area contributed by atoms with Crippen molar-refractivity contribution in [2.45, 2.75) is 37.3 Å². The highest BCUT2D eigenvalue weighted by Gasteiger charge is 2.80. The van der Waals surface area contributed by atoms with Crippen LogP contribution in [0.15, 0.2) is 35.9 Å². The van der Waals surface area contributed by atoms with Crippen molar-refractivity contribution in [1.82, 2.24) is 4.90 Å². The van der Waals surface area contributed by atoms with E-state index in [-0.39, 0.29) is 24.2 Å². The van der Waals surface area contributed by atoms with Gasteiger partial charge in [0.05, 0.1) is 19.1 Å². The minimum Gasteiger partial charge on any atom is -0.468 e. The molecule has 0 aromatic heterocycles. The molecule has 4 aliphatic heterocycles. The SMILES string of the molecule is C/C=C1/CN2CC[C@@]34c5ccccc5N[C@@]23CC[C@H]1[C@]4(CO)C(=O)OC. The van der Waals surface area contributed by atoms with Crippen molar-refractivity contribution in [2.75, 3.05) is 32.1 Å². The summed E-state index contributed by atoms with van der Waals surface area (Å²) < 4.78 is 5.38. The minimum atomic E-state index is -0.952. The number of para-hydroxylation sites is 1. The lowest BCUT2D eigenvalue weighted by atomic mass is 9.46. The average Bonchev–Trinajstić information content (AvgIpc) is 3.06. The monoisotopic (exact) mass is 354 g/mol. The highest BCUT2D eigenvalue weighted by atomic mass is 16.5. The molecule has 1 unspecified atom stereocenters. The molecule has 1 aromatic rings. The summed E-state index contributed by atoms with van der Waals surface area (Å²) in [6.45, 7) is 3.63. The number of fused-ring (bicyclic) bond motifs is 3. The van der Waals surface area contributed by atoms with E-state index in [1.165, 1.54) is 18.2 Å². The van der Waals surface area contributed by atoms with Gasteiger partial charge in [0.2, 0.25) is 0 Å². The number of methoxy groups -OCH3 is 1. The van der Waals surface area contributed by atoms with Gasteiger partial charge < -0.3 is 15.2 Å². The Kier molecular flexibility index (Phi) is 3.21. The van der Waals surface area contributed by atoms with E-state index in [0.717, 1.165) is 38.0 Å². The number of nitrogens with one attached hydrogen (secondary N) is 1. The Balaban J connectivity index is 1.90. The topological polar surface area (TPSA) is 61.8 Å². The first-order valence-corrected chi connectivity index (χ1v) is 9.58. The molecule has 26 heavy (non-hydrogen) atoms. The maximum Gasteiger partial charge on any atom is 0.315 e. The second kappa shape index (κ2) is 5.11. The first kappa shape index (κ1) is 16.3. The third-order valence-corrected chi connectivity index (χ3v) is 7.87. The summed E-state index contributed by atoms with van der Waals surface area (Å²) in [4.78, 5) is 15.9. The molecule has 2 N–H and O–H groups in total. The molecule has 1 aromatic carbocycles. The van der Waals surface area contributed by atoms with Crippen molar-refractivity contribution in [1.29, 1.82) is 0 Å². The zero-order valence-corrected chi connectivity index (χ0v) is 15.4. The molecule has 1 saturated carbocycles. The van der Waals surface area contributed by atoms with Crippen molar-refractivity contribution in [2.24, 2.45) is 11.3 Å². The molecule has 3 saturated heterocycles. The van der Waals surface area contributed by atoms with Crippen molar-refractivity contribution in [3.8, 4) is 0 Å². The summed E-state index contributed by atoms with van der Waals surface area (Å²) in [6.07, 6.45) is 4.87. The van der Waals surface area contributed by atoms with E-state index >= 15 is 0 Å². The predicted molar refractivity (Wildman–Crippen MR) is 98.7 cm³/mol. The van der Waals surface area contributed by atoms with Gasteiger partial charge >= 0.3 is 5.97 Å². The number of carbonyl (C=O) groups excluding carboxylic acids is 1. The van der Waals surface area contributed by atoms with Gasteiger partial charge in [-0.3, -0.25) is 9.69 Å². The van der Waals surface area contributed by atoms with Gasteiger partial charge in [-0.05, 0) is 37.8 Å². The second-order valence-electron chi connectivity index (χ2n) is 8.18. The van der Waals surface area contributed by atoms with Crippen molar-refractivity contribution < 1.29 is 14.6 Å². The first-order valence-electron chi connectivity index (χ1n) is 9.58. The van der Waals surface area contributed by atoms with Crippen LogP contribution in [0.1, 0.15) is 31.7 Å². The number of nitrogens with zero attached hydrogens (tertiary/aromatic N) is 1. The van der Waals surface area contributed by atoms with Crippen LogP contribution in [-0.2, 0) is 14.9 Å². The van der Waals surface area contributed by atoms with E-state index in [9.17, 15) is 9.90 Å². The maximum absolute atomic E-state index is 13.4. The molecule has 5 aliphatic rings. The van der Waals surface area contributed by atoms with Crippen LogP contribution < -0.4 is 5.32 Å². The van der Waals surface area contributed by atoms with Gasteiger partial charge in [-0.25, -0.2) is 0 Å². The maximum atomic E-state index is 13.4. The Bertz CT molecular complexity index is 821. The number of allylic oxidation sites excluding steroid dienone is 1. The van der Waals surface area contributed by atoms with Crippen molar-refractivity contribution in [3.63, 3.8) is 0 Å². The molecule has 5 heteroatoms. The fourth-order valence-electron chi connectivity index (χ4n) is 7.01. The third kappa shape index (κ3) is 1.43. The molecular weight excluding hydrogens is 328 g/mol. The summed E-state index contributed by atoms with van der Waals surface area (Å²) in [6, 6.07) is 8.33. The molecular formula is C21H26N2O3. The smallest absolute Gasteiger partial charge is 0.315 e. The van der Waals surface area contributed by atoms with Crippen LogP contribution in [0.2, 0.25) is 0 Å². The number of carbonyl (C=O) groups is 1. The fourth-order valence-corrected chi connectivity index (χ4v) is 7.01. The molecule has 5 nitrogen and oxygen atoms in total. The van der Waals surface area contributed by atoms with Crippen LogP contribution in [0.5, 0.6) is 0 Å². The van der Waals surface area contributed by atoms with E-state index in [0.29, 0.717) is 0 Å². The van der Waals surface area contributed by atoms with E-state index in [1.54, 1.807) is 0 Å². The van der Waals surface area contributed by atoms with E-state index in [4.69, 9.17) is 4.74 Å². The summed E-state index contributed by atoms with van der Waals surface area (Å²) in [5.74, 6) is -0.257. The number of ether oxygens (including phenoxy) is 1. The highest BCUT2D eigenvalue weighted by molar-refractivity contribution is 5.85. The Labute approximate surface area is 154 Å². The largest absolute Gasteiger partial charge is 0.468 e. The number of rotatable bonds is 2.